The number of fused-ring (bicyclic) bond motifs is 1. The molecule has 0 radical (unpaired) electrons. The van der Waals surface area contributed by atoms with E-state index in [9.17, 15) is 9.59 Å². The number of piperidine rings is 1. The van der Waals surface area contributed by atoms with Gasteiger partial charge in [0.05, 0.1) is 12.1 Å². The highest BCUT2D eigenvalue weighted by molar-refractivity contribution is 5.80. The summed E-state index contributed by atoms with van der Waals surface area (Å²) in [5, 5.41) is 2.93. The molecule has 0 bridgehead atoms. The third-order valence-electron chi connectivity index (χ3n) is 5.51. The fourth-order valence-corrected chi connectivity index (χ4v) is 3.94. The van der Waals surface area contributed by atoms with Crippen molar-refractivity contribution < 1.29 is 9.59 Å². The van der Waals surface area contributed by atoms with E-state index in [4.69, 9.17) is 0 Å². The number of likely N-dealkylation sites (tertiary alicyclic amines) is 1. The Morgan fingerprint density at radius 2 is 2.17 bits per heavy atom. The summed E-state index contributed by atoms with van der Waals surface area (Å²) in [6.07, 6.45) is 6.55. The molecule has 2 saturated heterocycles. The van der Waals surface area contributed by atoms with Crippen LogP contribution in [0.3, 0.4) is 0 Å². The zero-order chi connectivity index (χ0) is 16.7. The van der Waals surface area contributed by atoms with Gasteiger partial charge in [-0.3, -0.25) is 9.59 Å². The molecule has 0 atom stereocenters. The van der Waals surface area contributed by atoms with Crippen molar-refractivity contribution in [3.63, 3.8) is 0 Å². The maximum atomic E-state index is 12.7. The van der Waals surface area contributed by atoms with Gasteiger partial charge in [0.1, 0.15) is 5.65 Å². The van der Waals surface area contributed by atoms with Gasteiger partial charge < -0.3 is 14.6 Å². The summed E-state index contributed by atoms with van der Waals surface area (Å²) in [6, 6.07) is 4.00. The number of hydrogen-bond donors (Lipinski definition) is 1. The third kappa shape index (κ3) is 2.56. The number of pyridine rings is 1. The lowest BCUT2D eigenvalue weighted by molar-refractivity contribution is -0.132. The van der Waals surface area contributed by atoms with Gasteiger partial charge in [0.2, 0.25) is 11.8 Å². The van der Waals surface area contributed by atoms with Crippen molar-refractivity contribution in [3.05, 3.63) is 35.8 Å². The summed E-state index contributed by atoms with van der Waals surface area (Å²) < 4.78 is 2.00. The molecule has 0 aromatic carbocycles. The minimum atomic E-state index is 0.0777. The molecule has 2 fully saturated rings. The Bertz CT molecular complexity index is 802. The molecule has 4 rings (SSSR count). The zero-order valence-electron chi connectivity index (χ0n) is 13.9. The number of nitrogens with zero attached hydrogens (tertiary/aromatic N) is 3. The summed E-state index contributed by atoms with van der Waals surface area (Å²) >= 11 is 0. The lowest BCUT2D eigenvalue weighted by atomic mass is 9.77. The van der Waals surface area contributed by atoms with Crippen LogP contribution >= 0.6 is 0 Å². The van der Waals surface area contributed by atoms with Crippen molar-refractivity contribution in [2.75, 3.05) is 19.6 Å². The number of carbonyl (C=O) groups is 2. The quantitative estimate of drug-likeness (QED) is 0.905. The van der Waals surface area contributed by atoms with E-state index < -0.39 is 0 Å². The number of carbonyl (C=O) groups excluding carboxylic acids is 2. The lowest BCUT2D eigenvalue weighted by Crippen LogP contribution is -2.44. The van der Waals surface area contributed by atoms with Crippen molar-refractivity contribution in [1.29, 1.82) is 0 Å². The van der Waals surface area contributed by atoms with E-state index in [0.717, 1.165) is 49.4 Å². The van der Waals surface area contributed by atoms with E-state index in [2.05, 4.69) is 10.3 Å². The molecule has 2 aromatic rings. The van der Waals surface area contributed by atoms with Crippen LogP contribution in [-0.2, 0) is 16.0 Å². The topological polar surface area (TPSA) is 66.7 Å². The predicted octanol–water partition coefficient (Wildman–Crippen LogP) is 1.31. The second kappa shape index (κ2) is 5.61. The van der Waals surface area contributed by atoms with Gasteiger partial charge in [0.15, 0.2) is 0 Å². The van der Waals surface area contributed by atoms with E-state index >= 15 is 0 Å². The highest BCUT2D eigenvalue weighted by atomic mass is 16.2. The molecule has 6 heteroatoms. The third-order valence-corrected chi connectivity index (χ3v) is 5.51. The molecule has 4 heterocycles. The first kappa shape index (κ1) is 15.2. The molecule has 2 aliphatic heterocycles. The van der Waals surface area contributed by atoms with Crippen LogP contribution < -0.4 is 5.32 Å². The Balaban J connectivity index is 1.43. The Labute approximate surface area is 140 Å². The van der Waals surface area contributed by atoms with Gasteiger partial charge in [-0.1, -0.05) is 6.07 Å². The Morgan fingerprint density at radius 3 is 2.88 bits per heavy atom. The number of imidazole rings is 1. The van der Waals surface area contributed by atoms with Gasteiger partial charge in [0, 0.05) is 38.4 Å². The first-order chi connectivity index (χ1) is 11.6. The van der Waals surface area contributed by atoms with Gasteiger partial charge in [-0.2, -0.15) is 0 Å². The number of amides is 2. The smallest absolute Gasteiger partial charge is 0.228 e. The fraction of sp³-hybridized carbons (Fsp3) is 0.500. The van der Waals surface area contributed by atoms with E-state index in [1.54, 1.807) is 6.20 Å². The molecule has 0 unspecified atom stereocenters. The summed E-state index contributed by atoms with van der Waals surface area (Å²) in [4.78, 5) is 30.5. The van der Waals surface area contributed by atoms with Gasteiger partial charge in [-0.05, 0) is 36.8 Å². The van der Waals surface area contributed by atoms with Gasteiger partial charge in [-0.15, -0.1) is 0 Å². The van der Waals surface area contributed by atoms with Gasteiger partial charge >= 0.3 is 0 Å². The van der Waals surface area contributed by atoms with Crippen LogP contribution in [0.4, 0.5) is 0 Å². The lowest BCUT2D eigenvalue weighted by Gasteiger charge is -2.38. The molecule has 2 amide bonds. The maximum absolute atomic E-state index is 12.7. The first-order valence-electron chi connectivity index (χ1n) is 8.52. The van der Waals surface area contributed by atoms with Gasteiger partial charge in [-0.25, -0.2) is 4.98 Å². The van der Waals surface area contributed by atoms with E-state index in [1.165, 1.54) is 0 Å². The molecule has 1 spiro atoms. The molecule has 0 aliphatic carbocycles. The molecule has 6 nitrogen and oxygen atoms in total. The Morgan fingerprint density at radius 1 is 1.38 bits per heavy atom. The maximum Gasteiger partial charge on any atom is 0.228 e. The second-order valence-corrected chi connectivity index (χ2v) is 7.15. The number of hydrogen-bond acceptors (Lipinski definition) is 3. The second-order valence-electron chi connectivity index (χ2n) is 7.15. The van der Waals surface area contributed by atoms with Crippen LogP contribution in [0.2, 0.25) is 0 Å². The molecule has 24 heavy (non-hydrogen) atoms. The summed E-state index contributed by atoms with van der Waals surface area (Å²) in [6.45, 7) is 4.27. The Hall–Kier alpha value is -2.37. The van der Waals surface area contributed by atoms with Crippen molar-refractivity contribution in [3.8, 4) is 0 Å². The molecule has 0 saturated carbocycles. The Kier molecular flexibility index (Phi) is 3.55. The highest BCUT2D eigenvalue weighted by Crippen LogP contribution is 2.37. The number of nitrogens with one attached hydrogen (secondary N) is 1. The summed E-state index contributed by atoms with van der Waals surface area (Å²) in [7, 11) is 0. The largest absolute Gasteiger partial charge is 0.356 e. The minimum Gasteiger partial charge on any atom is -0.356 e. The SMILES string of the molecule is Cc1cccn2c(CC(=O)N3CCC4(CC3)CNC(=O)C4)cnc12. The van der Waals surface area contributed by atoms with E-state index in [1.807, 2.05) is 34.6 Å². The highest BCUT2D eigenvalue weighted by Gasteiger charge is 2.41. The minimum absolute atomic E-state index is 0.0777. The molecule has 2 aliphatic rings. The zero-order valence-corrected chi connectivity index (χ0v) is 13.9. The number of aryl methyl sites for hydroxylation is 1. The number of aromatic nitrogens is 2. The van der Waals surface area contributed by atoms with E-state index in [0.29, 0.717) is 12.8 Å². The van der Waals surface area contributed by atoms with Crippen LogP contribution in [0.1, 0.15) is 30.5 Å². The normalized spacial score (nSPS) is 19.9. The first-order valence-corrected chi connectivity index (χ1v) is 8.52. The van der Waals surface area contributed by atoms with Crippen molar-refractivity contribution in [1.82, 2.24) is 19.6 Å². The molecular formula is C18H22N4O2. The van der Waals surface area contributed by atoms with Crippen molar-refractivity contribution >= 4 is 17.5 Å². The average molecular weight is 326 g/mol. The summed E-state index contributed by atoms with van der Waals surface area (Å²) in [5.41, 5.74) is 3.02. The molecule has 2 aromatic heterocycles. The average Bonchev–Trinajstić information content (AvgIpc) is 3.14. The van der Waals surface area contributed by atoms with Crippen molar-refractivity contribution in [2.24, 2.45) is 5.41 Å². The van der Waals surface area contributed by atoms with Crippen LogP contribution in [-0.4, -0.2) is 45.7 Å². The predicted molar refractivity (Wildman–Crippen MR) is 89.5 cm³/mol. The van der Waals surface area contributed by atoms with Crippen LogP contribution in [0.25, 0.3) is 5.65 Å². The standard InChI is InChI=1S/C18H22N4O2/c1-13-3-2-6-22-14(11-19-17(13)22)9-16(24)21-7-4-18(5-8-21)10-15(23)20-12-18/h2-3,6,11H,4-5,7-10,12H2,1H3,(H,20,23). The van der Waals surface area contributed by atoms with Crippen LogP contribution in [0.5, 0.6) is 0 Å². The monoisotopic (exact) mass is 326 g/mol. The van der Waals surface area contributed by atoms with Crippen LogP contribution in [0.15, 0.2) is 24.5 Å². The fourth-order valence-electron chi connectivity index (χ4n) is 3.94. The molecule has 126 valence electrons. The molecular weight excluding hydrogens is 304 g/mol. The summed E-state index contributed by atoms with van der Waals surface area (Å²) in [5.74, 6) is 0.293. The molecule has 1 N–H and O–H groups in total. The van der Waals surface area contributed by atoms with Crippen LogP contribution in [0, 0.1) is 12.3 Å². The van der Waals surface area contributed by atoms with E-state index in [-0.39, 0.29) is 17.2 Å². The van der Waals surface area contributed by atoms with Gasteiger partial charge in [0.25, 0.3) is 0 Å². The van der Waals surface area contributed by atoms with Crippen molar-refractivity contribution in [2.45, 2.75) is 32.6 Å². The number of rotatable bonds is 2.